The lowest BCUT2D eigenvalue weighted by Gasteiger charge is -2.07. The summed E-state index contributed by atoms with van der Waals surface area (Å²) in [6.07, 6.45) is 1.04. The van der Waals surface area contributed by atoms with Crippen molar-refractivity contribution in [1.82, 2.24) is 0 Å². The zero-order valence-corrected chi connectivity index (χ0v) is 12.8. The fourth-order valence-corrected chi connectivity index (χ4v) is 1.96. The number of halogens is 2. The van der Waals surface area contributed by atoms with Crippen LogP contribution in [0.25, 0.3) is 0 Å². The highest BCUT2D eigenvalue weighted by atomic mass is 35.5. The van der Waals surface area contributed by atoms with Crippen LogP contribution in [0.5, 0.6) is 5.75 Å². The van der Waals surface area contributed by atoms with Gasteiger partial charge >= 0.3 is 0 Å². The summed E-state index contributed by atoms with van der Waals surface area (Å²) >= 11 is 11.6. The van der Waals surface area contributed by atoms with E-state index in [0.717, 1.165) is 11.4 Å². The molecule has 3 nitrogen and oxygen atoms in total. The number of nitrogens with one attached hydrogen (secondary N) is 1. The largest absolute Gasteiger partial charge is 0.494 e. The number of hydrogen-bond donors (Lipinski definition) is 1. The molecule has 0 aliphatic rings. The Morgan fingerprint density at radius 2 is 1.52 bits per heavy atom. The van der Waals surface area contributed by atoms with Gasteiger partial charge in [0.05, 0.1) is 6.61 Å². The Labute approximate surface area is 133 Å². The van der Waals surface area contributed by atoms with Gasteiger partial charge in [0.2, 0.25) is 5.91 Å². The van der Waals surface area contributed by atoms with Crippen molar-refractivity contribution in [3.05, 3.63) is 58.6 Å². The summed E-state index contributed by atoms with van der Waals surface area (Å²) in [5.74, 6) is 0.703. The molecule has 21 heavy (non-hydrogen) atoms. The first-order chi connectivity index (χ1) is 10.1. The molecule has 0 aliphatic heterocycles. The van der Waals surface area contributed by atoms with E-state index in [4.69, 9.17) is 27.9 Å². The molecule has 0 spiro atoms. The Morgan fingerprint density at radius 3 is 2.14 bits per heavy atom. The fourth-order valence-electron chi connectivity index (χ4n) is 1.71. The van der Waals surface area contributed by atoms with Gasteiger partial charge in [-0.15, -0.1) is 0 Å². The Kier molecular flexibility index (Phi) is 5.90. The predicted octanol–water partition coefficient (Wildman–Crippen LogP) is 4.79. The number of carbonyl (C=O) groups excluding carboxylic acids is 1. The van der Waals surface area contributed by atoms with Gasteiger partial charge in [0.15, 0.2) is 0 Å². The lowest BCUT2D eigenvalue weighted by Crippen LogP contribution is -2.12. The second kappa shape index (κ2) is 7.91. The van der Waals surface area contributed by atoms with E-state index in [2.05, 4.69) is 5.32 Å². The molecule has 0 saturated heterocycles. The van der Waals surface area contributed by atoms with Crippen LogP contribution in [0.1, 0.15) is 12.8 Å². The van der Waals surface area contributed by atoms with Gasteiger partial charge in [-0.25, -0.2) is 0 Å². The van der Waals surface area contributed by atoms with E-state index in [1.165, 1.54) is 0 Å². The van der Waals surface area contributed by atoms with Gasteiger partial charge in [-0.1, -0.05) is 23.2 Å². The molecule has 0 aromatic heterocycles. The minimum absolute atomic E-state index is 0.0444. The molecule has 0 fully saturated rings. The van der Waals surface area contributed by atoms with E-state index in [0.29, 0.717) is 29.5 Å². The normalized spacial score (nSPS) is 10.2. The van der Waals surface area contributed by atoms with E-state index in [-0.39, 0.29) is 5.91 Å². The van der Waals surface area contributed by atoms with Crippen molar-refractivity contribution in [1.29, 1.82) is 0 Å². The number of ether oxygens (including phenoxy) is 1. The van der Waals surface area contributed by atoms with Gasteiger partial charge in [0.25, 0.3) is 0 Å². The second-order valence-electron chi connectivity index (χ2n) is 4.46. The Bertz CT molecular complexity index is 582. The van der Waals surface area contributed by atoms with Crippen molar-refractivity contribution < 1.29 is 9.53 Å². The average molecular weight is 324 g/mol. The third kappa shape index (κ3) is 5.66. The molecule has 1 amide bonds. The third-order valence-electron chi connectivity index (χ3n) is 2.76. The van der Waals surface area contributed by atoms with Crippen LogP contribution < -0.4 is 10.1 Å². The van der Waals surface area contributed by atoms with E-state index < -0.39 is 0 Å². The molecule has 0 atom stereocenters. The molecule has 2 rings (SSSR count). The Morgan fingerprint density at radius 1 is 0.952 bits per heavy atom. The molecular weight excluding hydrogens is 309 g/mol. The highest BCUT2D eigenvalue weighted by Crippen LogP contribution is 2.16. The van der Waals surface area contributed by atoms with E-state index >= 15 is 0 Å². The molecule has 0 bridgehead atoms. The lowest BCUT2D eigenvalue weighted by molar-refractivity contribution is -0.116. The average Bonchev–Trinajstić information content (AvgIpc) is 2.48. The second-order valence-corrected chi connectivity index (χ2v) is 5.33. The van der Waals surface area contributed by atoms with Crippen LogP contribution in [0.15, 0.2) is 48.5 Å². The molecule has 2 aromatic carbocycles. The van der Waals surface area contributed by atoms with Crippen molar-refractivity contribution in [3.63, 3.8) is 0 Å². The van der Waals surface area contributed by atoms with Crippen LogP contribution in [0.2, 0.25) is 10.0 Å². The van der Waals surface area contributed by atoms with Gasteiger partial charge in [-0.3, -0.25) is 4.79 Å². The standard InChI is InChI=1S/C16H15Cl2NO2/c17-12-3-7-14(8-4-12)19-16(20)2-1-11-21-15-9-5-13(18)6-10-15/h3-10H,1-2,11H2,(H,19,20). The first-order valence-electron chi connectivity index (χ1n) is 6.57. The SMILES string of the molecule is O=C(CCCOc1ccc(Cl)cc1)Nc1ccc(Cl)cc1. The van der Waals surface area contributed by atoms with Crippen LogP contribution >= 0.6 is 23.2 Å². The molecule has 0 unspecified atom stereocenters. The van der Waals surface area contributed by atoms with Crippen LogP contribution in [0.4, 0.5) is 5.69 Å². The van der Waals surface area contributed by atoms with Gasteiger partial charge in [0, 0.05) is 22.2 Å². The van der Waals surface area contributed by atoms with Crippen LogP contribution in [0, 0.1) is 0 Å². The van der Waals surface area contributed by atoms with Crippen LogP contribution in [-0.4, -0.2) is 12.5 Å². The summed E-state index contributed by atoms with van der Waals surface area (Å²) in [5, 5.41) is 4.12. The van der Waals surface area contributed by atoms with Crippen LogP contribution in [-0.2, 0) is 4.79 Å². The predicted molar refractivity (Wildman–Crippen MR) is 86.3 cm³/mol. The molecule has 0 aliphatic carbocycles. The molecule has 0 saturated carbocycles. The molecule has 110 valence electrons. The van der Waals surface area contributed by atoms with Crippen molar-refractivity contribution in [2.75, 3.05) is 11.9 Å². The topological polar surface area (TPSA) is 38.3 Å². The first-order valence-corrected chi connectivity index (χ1v) is 7.33. The number of anilines is 1. The molecule has 1 N–H and O–H groups in total. The summed E-state index contributed by atoms with van der Waals surface area (Å²) in [5.41, 5.74) is 0.739. The monoisotopic (exact) mass is 323 g/mol. The Hall–Kier alpha value is -1.71. The number of benzene rings is 2. The summed E-state index contributed by atoms with van der Waals surface area (Å²) in [6, 6.07) is 14.1. The fraction of sp³-hybridized carbons (Fsp3) is 0.188. The minimum atomic E-state index is -0.0444. The summed E-state index contributed by atoms with van der Waals surface area (Å²) in [6.45, 7) is 0.482. The smallest absolute Gasteiger partial charge is 0.224 e. The van der Waals surface area contributed by atoms with Gasteiger partial charge in [0.1, 0.15) is 5.75 Å². The molecule has 0 heterocycles. The van der Waals surface area contributed by atoms with Crippen molar-refractivity contribution in [2.45, 2.75) is 12.8 Å². The zero-order chi connectivity index (χ0) is 15.1. The first kappa shape index (κ1) is 15.7. The van der Waals surface area contributed by atoms with E-state index in [1.807, 2.05) is 0 Å². The van der Waals surface area contributed by atoms with Gasteiger partial charge in [-0.05, 0) is 55.0 Å². The molecule has 5 heteroatoms. The summed E-state index contributed by atoms with van der Waals surface area (Å²) in [4.78, 5) is 11.7. The van der Waals surface area contributed by atoms with Crippen molar-refractivity contribution in [2.24, 2.45) is 0 Å². The number of rotatable bonds is 6. The summed E-state index contributed by atoms with van der Waals surface area (Å²) < 4.78 is 5.52. The van der Waals surface area contributed by atoms with Gasteiger partial charge < -0.3 is 10.1 Å². The number of carbonyl (C=O) groups is 1. The maximum atomic E-state index is 11.7. The molecular formula is C16H15Cl2NO2. The Balaban J connectivity index is 1.67. The molecule has 0 radical (unpaired) electrons. The van der Waals surface area contributed by atoms with E-state index in [1.54, 1.807) is 48.5 Å². The summed E-state index contributed by atoms with van der Waals surface area (Å²) in [7, 11) is 0. The van der Waals surface area contributed by atoms with E-state index in [9.17, 15) is 4.79 Å². The minimum Gasteiger partial charge on any atom is -0.494 e. The van der Waals surface area contributed by atoms with Gasteiger partial charge in [-0.2, -0.15) is 0 Å². The lowest BCUT2D eigenvalue weighted by atomic mass is 10.2. The van der Waals surface area contributed by atoms with Crippen molar-refractivity contribution >= 4 is 34.8 Å². The molecule has 2 aromatic rings. The highest BCUT2D eigenvalue weighted by molar-refractivity contribution is 6.30. The third-order valence-corrected chi connectivity index (χ3v) is 3.26. The number of hydrogen-bond acceptors (Lipinski definition) is 2. The zero-order valence-electron chi connectivity index (χ0n) is 11.3. The highest BCUT2D eigenvalue weighted by Gasteiger charge is 2.02. The quantitative estimate of drug-likeness (QED) is 0.776. The maximum absolute atomic E-state index is 11.7. The number of amides is 1. The van der Waals surface area contributed by atoms with Crippen molar-refractivity contribution in [3.8, 4) is 5.75 Å². The van der Waals surface area contributed by atoms with Crippen LogP contribution in [0.3, 0.4) is 0 Å². The maximum Gasteiger partial charge on any atom is 0.224 e.